The van der Waals surface area contributed by atoms with E-state index in [9.17, 15) is 0 Å². The first kappa shape index (κ1) is 31.9. The third kappa shape index (κ3) is 7.89. The normalized spacial score (nSPS) is 46.4. The van der Waals surface area contributed by atoms with E-state index in [0.717, 1.165) is 76.9 Å². The molecule has 5 aliphatic rings. The molecule has 13 atom stereocenters. The van der Waals surface area contributed by atoms with Gasteiger partial charge in [-0.3, -0.25) is 0 Å². The van der Waals surface area contributed by atoms with Crippen LogP contribution in [0.4, 0.5) is 0 Å². The standard InChI is InChI=1S/C24H44.C15H28/c1-5-8-11-22-17(4)15-20-10-9-12-23(20)24(22)21-14-13-18(6-2)19(7-3)16-21;1-4-13-7-6-12(3)15(10-13)14-8-5-11(2)9-14/h17-24H,5-16H2,1-4H3;11-15H,4-10H2,1-3H3. The lowest BCUT2D eigenvalue weighted by Crippen LogP contribution is -2.43. The lowest BCUT2D eigenvalue weighted by atomic mass is 9.55. The molecular weight excluding hydrogens is 468 g/mol. The van der Waals surface area contributed by atoms with Gasteiger partial charge in [0.05, 0.1) is 0 Å². The Morgan fingerprint density at radius 2 is 1.28 bits per heavy atom. The number of hydrogen-bond acceptors (Lipinski definition) is 0. The molecule has 0 heterocycles. The fourth-order valence-corrected chi connectivity index (χ4v) is 11.7. The number of unbranched alkanes of at least 4 members (excludes halogenated alkanes) is 1. The minimum atomic E-state index is 1.00. The van der Waals surface area contributed by atoms with Crippen LogP contribution in [0.3, 0.4) is 0 Å². The van der Waals surface area contributed by atoms with Crippen molar-refractivity contribution in [2.45, 2.75) is 170 Å². The van der Waals surface area contributed by atoms with Crippen LogP contribution in [0.25, 0.3) is 0 Å². The molecule has 13 unspecified atom stereocenters. The Morgan fingerprint density at radius 3 is 1.95 bits per heavy atom. The van der Waals surface area contributed by atoms with Crippen molar-refractivity contribution in [2.75, 3.05) is 0 Å². The highest BCUT2D eigenvalue weighted by molar-refractivity contribution is 4.98. The predicted octanol–water partition coefficient (Wildman–Crippen LogP) is 12.6. The summed E-state index contributed by atoms with van der Waals surface area (Å²) in [5.41, 5.74) is 0. The molecule has 0 N–H and O–H groups in total. The zero-order valence-electron chi connectivity index (χ0n) is 27.9. The van der Waals surface area contributed by atoms with Crippen LogP contribution >= 0.6 is 0 Å². The number of rotatable bonds is 8. The van der Waals surface area contributed by atoms with Gasteiger partial charge in [0.1, 0.15) is 0 Å². The van der Waals surface area contributed by atoms with E-state index in [-0.39, 0.29) is 0 Å². The van der Waals surface area contributed by atoms with Gasteiger partial charge >= 0.3 is 0 Å². The zero-order valence-corrected chi connectivity index (χ0v) is 27.9. The van der Waals surface area contributed by atoms with Gasteiger partial charge in [0.15, 0.2) is 0 Å². The maximum absolute atomic E-state index is 2.62. The van der Waals surface area contributed by atoms with Crippen molar-refractivity contribution < 1.29 is 0 Å². The van der Waals surface area contributed by atoms with E-state index in [1.807, 2.05) is 0 Å². The largest absolute Gasteiger partial charge is 0.0654 e. The van der Waals surface area contributed by atoms with Gasteiger partial charge in [0.2, 0.25) is 0 Å². The van der Waals surface area contributed by atoms with Crippen LogP contribution in [0.1, 0.15) is 170 Å². The quantitative estimate of drug-likeness (QED) is 0.287. The average molecular weight is 541 g/mol. The number of fused-ring (bicyclic) bond motifs is 1. The first-order valence-electron chi connectivity index (χ1n) is 18.9. The molecule has 5 rings (SSSR count). The van der Waals surface area contributed by atoms with Gasteiger partial charge in [0, 0.05) is 0 Å². The van der Waals surface area contributed by atoms with E-state index in [0.29, 0.717) is 0 Å². The van der Waals surface area contributed by atoms with Crippen molar-refractivity contribution in [2.24, 2.45) is 76.9 Å². The summed E-state index contributed by atoms with van der Waals surface area (Å²) in [7, 11) is 0. The predicted molar refractivity (Wildman–Crippen MR) is 173 cm³/mol. The molecular formula is C39H72. The van der Waals surface area contributed by atoms with Crippen LogP contribution in [0.2, 0.25) is 0 Å². The summed E-state index contributed by atoms with van der Waals surface area (Å²) in [5.74, 6) is 13.8. The van der Waals surface area contributed by atoms with Crippen LogP contribution < -0.4 is 0 Å². The molecule has 0 aromatic rings. The van der Waals surface area contributed by atoms with E-state index < -0.39 is 0 Å². The second kappa shape index (κ2) is 15.5. The van der Waals surface area contributed by atoms with Crippen LogP contribution in [-0.2, 0) is 0 Å². The van der Waals surface area contributed by atoms with E-state index >= 15 is 0 Å². The van der Waals surface area contributed by atoms with Gasteiger partial charge in [-0.25, -0.2) is 0 Å². The van der Waals surface area contributed by atoms with Crippen molar-refractivity contribution >= 4 is 0 Å². The van der Waals surface area contributed by atoms with Crippen molar-refractivity contribution in [3.63, 3.8) is 0 Å². The van der Waals surface area contributed by atoms with Crippen molar-refractivity contribution in [1.82, 2.24) is 0 Å². The monoisotopic (exact) mass is 541 g/mol. The fourth-order valence-electron chi connectivity index (χ4n) is 11.7. The smallest absolute Gasteiger partial charge is 0.0324 e. The lowest BCUT2D eigenvalue weighted by Gasteiger charge is -2.51. The highest BCUT2D eigenvalue weighted by Gasteiger charge is 2.48. The van der Waals surface area contributed by atoms with Crippen molar-refractivity contribution in [3.05, 3.63) is 0 Å². The molecule has 0 radical (unpaired) electrons. The zero-order chi connectivity index (χ0) is 27.9. The second-order valence-corrected chi connectivity index (χ2v) is 16.3. The molecule has 0 nitrogen and oxygen atoms in total. The summed E-state index contributed by atoms with van der Waals surface area (Å²) in [5, 5.41) is 0. The molecule has 0 aromatic carbocycles. The van der Waals surface area contributed by atoms with Gasteiger partial charge in [-0.05, 0) is 135 Å². The second-order valence-electron chi connectivity index (χ2n) is 16.3. The van der Waals surface area contributed by atoms with E-state index in [4.69, 9.17) is 0 Å². The molecule has 5 saturated carbocycles. The van der Waals surface area contributed by atoms with Crippen LogP contribution in [-0.4, -0.2) is 0 Å². The molecule has 0 bridgehead atoms. The summed E-state index contributed by atoms with van der Waals surface area (Å²) in [6.45, 7) is 17.3. The Balaban J connectivity index is 0.000000202. The van der Waals surface area contributed by atoms with Gasteiger partial charge < -0.3 is 0 Å². The maximum atomic E-state index is 2.62. The molecule has 0 amide bonds. The van der Waals surface area contributed by atoms with Crippen LogP contribution in [0.15, 0.2) is 0 Å². The van der Waals surface area contributed by atoms with Gasteiger partial charge in [0.25, 0.3) is 0 Å². The highest BCUT2D eigenvalue weighted by Crippen LogP contribution is 2.57. The highest BCUT2D eigenvalue weighted by atomic mass is 14.5. The van der Waals surface area contributed by atoms with Crippen molar-refractivity contribution in [3.8, 4) is 0 Å². The first-order valence-corrected chi connectivity index (χ1v) is 18.9. The maximum Gasteiger partial charge on any atom is -0.0324 e. The van der Waals surface area contributed by atoms with Gasteiger partial charge in [-0.1, -0.05) is 113 Å². The fraction of sp³-hybridized carbons (Fsp3) is 1.00. The molecule has 0 aromatic heterocycles. The Kier molecular flexibility index (Phi) is 12.7. The molecule has 5 fully saturated rings. The van der Waals surface area contributed by atoms with E-state index in [2.05, 4.69) is 48.5 Å². The van der Waals surface area contributed by atoms with Gasteiger partial charge in [-0.15, -0.1) is 0 Å². The molecule has 228 valence electrons. The molecule has 0 aliphatic heterocycles. The summed E-state index contributed by atoms with van der Waals surface area (Å²) < 4.78 is 0. The minimum Gasteiger partial charge on any atom is -0.0654 e. The third-order valence-electron chi connectivity index (χ3n) is 14.1. The Labute approximate surface area is 247 Å². The summed E-state index contributed by atoms with van der Waals surface area (Å²) in [4.78, 5) is 0. The molecule has 39 heavy (non-hydrogen) atoms. The Morgan fingerprint density at radius 1 is 0.538 bits per heavy atom. The molecule has 0 spiro atoms. The summed E-state index contributed by atoms with van der Waals surface area (Å²) in [6, 6.07) is 0. The SMILES string of the molecule is CCC1CCC(C)C(C2CCC(C)C2)C1.CCCCC1C(C)CC2CCCC2C1C1CCC(CC)C(CC)C1. The topological polar surface area (TPSA) is 0 Å². The lowest BCUT2D eigenvalue weighted by molar-refractivity contribution is -0.0149. The minimum absolute atomic E-state index is 1.00. The van der Waals surface area contributed by atoms with E-state index in [1.165, 1.54) is 70.6 Å². The molecule has 0 saturated heterocycles. The Hall–Kier alpha value is 0. The first-order chi connectivity index (χ1) is 18.9. The number of hydrogen-bond donors (Lipinski definition) is 0. The average Bonchev–Trinajstić information content (AvgIpc) is 3.60. The summed E-state index contributed by atoms with van der Waals surface area (Å²) >= 11 is 0. The van der Waals surface area contributed by atoms with Crippen LogP contribution in [0.5, 0.6) is 0 Å². The summed E-state index contributed by atoms with van der Waals surface area (Å²) in [6.07, 6.45) is 28.8. The molecule has 0 heteroatoms. The Bertz CT molecular complexity index is 680. The van der Waals surface area contributed by atoms with Crippen LogP contribution in [0, 0.1) is 76.9 Å². The van der Waals surface area contributed by atoms with Gasteiger partial charge in [-0.2, -0.15) is 0 Å². The van der Waals surface area contributed by atoms with E-state index in [1.54, 1.807) is 51.4 Å². The van der Waals surface area contributed by atoms with Crippen molar-refractivity contribution in [1.29, 1.82) is 0 Å². The molecule has 5 aliphatic carbocycles. The third-order valence-corrected chi connectivity index (χ3v) is 14.1.